The van der Waals surface area contributed by atoms with Crippen molar-refractivity contribution in [1.29, 1.82) is 0 Å². The minimum absolute atomic E-state index is 0.00642. The number of amides is 3. The normalized spacial score (nSPS) is 10.2. The third-order valence-corrected chi connectivity index (χ3v) is 5.16. The fourth-order valence-electron chi connectivity index (χ4n) is 3.22. The summed E-state index contributed by atoms with van der Waals surface area (Å²) < 4.78 is 0. The van der Waals surface area contributed by atoms with Gasteiger partial charge >= 0.3 is 0 Å². The Morgan fingerprint density at radius 3 is 2.00 bits per heavy atom. The van der Waals surface area contributed by atoms with Crippen LogP contribution in [0, 0.1) is 0 Å². The summed E-state index contributed by atoms with van der Waals surface area (Å²) in [4.78, 5) is 37.8. The molecule has 2 N–H and O–H groups in total. The largest absolute Gasteiger partial charge is 0.326 e. The average molecular weight is 442 g/mol. The van der Waals surface area contributed by atoms with Gasteiger partial charge in [-0.2, -0.15) is 0 Å². The number of hydrogen-bond donors (Lipinski definition) is 2. The summed E-state index contributed by atoms with van der Waals surface area (Å²) in [6.07, 6.45) is 2.41. The van der Waals surface area contributed by atoms with E-state index in [1.54, 1.807) is 36.2 Å². The van der Waals surface area contributed by atoms with Crippen molar-refractivity contribution < 1.29 is 14.4 Å². The van der Waals surface area contributed by atoms with E-state index in [1.165, 1.54) is 6.08 Å². The first kappa shape index (κ1) is 23.5. The Morgan fingerprint density at radius 1 is 0.818 bits per heavy atom. The monoisotopic (exact) mass is 441 g/mol. The standard InChI is InChI=1S/C27H27N3O3/c1-3-25(31)28-22-14-9-20(10-15-22)13-18-26(32)29-23-16-11-21(12-17-23)19-27(33)30(2)24-7-5-4-6-8-24/h3-12,14-17H,1,13,18-19H2,2H3,(H,28,31)(H,29,32). The number of carbonyl (C=O) groups is 3. The van der Waals surface area contributed by atoms with Gasteiger partial charge in [0.15, 0.2) is 0 Å². The fourth-order valence-corrected chi connectivity index (χ4v) is 3.22. The summed E-state index contributed by atoms with van der Waals surface area (Å²) in [5.74, 6) is -0.361. The van der Waals surface area contributed by atoms with Crippen LogP contribution in [0.4, 0.5) is 17.1 Å². The van der Waals surface area contributed by atoms with Crippen LogP contribution in [0.1, 0.15) is 17.5 Å². The van der Waals surface area contributed by atoms with E-state index in [-0.39, 0.29) is 24.1 Å². The number of hydrogen-bond acceptors (Lipinski definition) is 3. The molecule has 168 valence electrons. The van der Waals surface area contributed by atoms with Crippen molar-refractivity contribution in [3.8, 4) is 0 Å². The molecule has 3 aromatic rings. The molecule has 3 aromatic carbocycles. The Kier molecular flexibility index (Phi) is 8.13. The molecule has 0 saturated heterocycles. The molecule has 0 heterocycles. The lowest BCUT2D eigenvalue weighted by Gasteiger charge is -2.17. The van der Waals surface area contributed by atoms with Gasteiger partial charge < -0.3 is 15.5 Å². The van der Waals surface area contributed by atoms with Crippen LogP contribution in [0.2, 0.25) is 0 Å². The Hall–Kier alpha value is -4.19. The molecule has 6 heteroatoms. The van der Waals surface area contributed by atoms with Crippen molar-refractivity contribution in [3.63, 3.8) is 0 Å². The van der Waals surface area contributed by atoms with E-state index < -0.39 is 0 Å². The molecular weight excluding hydrogens is 414 g/mol. The molecule has 33 heavy (non-hydrogen) atoms. The van der Waals surface area contributed by atoms with E-state index in [2.05, 4.69) is 17.2 Å². The van der Waals surface area contributed by atoms with Crippen LogP contribution in [0.25, 0.3) is 0 Å². The summed E-state index contributed by atoms with van der Waals surface area (Å²) in [6, 6.07) is 24.2. The van der Waals surface area contributed by atoms with Crippen LogP contribution < -0.4 is 15.5 Å². The zero-order valence-electron chi connectivity index (χ0n) is 18.6. The Labute approximate surface area is 193 Å². The van der Waals surface area contributed by atoms with Gasteiger partial charge in [0.1, 0.15) is 0 Å². The molecule has 0 radical (unpaired) electrons. The van der Waals surface area contributed by atoms with Crippen LogP contribution in [0.15, 0.2) is 91.5 Å². The van der Waals surface area contributed by atoms with Crippen molar-refractivity contribution >= 4 is 34.8 Å². The van der Waals surface area contributed by atoms with Crippen molar-refractivity contribution in [1.82, 2.24) is 0 Å². The molecule has 0 aliphatic heterocycles. The third kappa shape index (κ3) is 7.18. The number of likely N-dealkylation sites (N-methyl/N-ethyl adjacent to an activating group) is 1. The van der Waals surface area contributed by atoms with Crippen LogP contribution in [0.3, 0.4) is 0 Å². The number of nitrogens with one attached hydrogen (secondary N) is 2. The summed E-state index contributed by atoms with van der Waals surface area (Å²) in [6.45, 7) is 3.42. The second-order valence-corrected chi connectivity index (χ2v) is 7.60. The molecule has 6 nitrogen and oxygen atoms in total. The number of rotatable bonds is 9. The number of aryl methyl sites for hydroxylation is 1. The maximum absolute atomic E-state index is 12.5. The lowest BCUT2D eigenvalue weighted by Crippen LogP contribution is -2.27. The maximum atomic E-state index is 12.5. The van der Waals surface area contributed by atoms with Crippen molar-refractivity contribution in [3.05, 3.63) is 103 Å². The number of carbonyl (C=O) groups excluding carboxylic acids is 3. The van der Waals surface area contributed by atoms with Crippen molar-refractivity contribution in [2.75, 3.05) is 22.6 Å². The van der Waals surface area contributed by atoms with Gasteiger partial charge in [0.2, 0.25) is 17.7 Å². The molecule has 0 fully saturated rings. The summed E-state index contributed by atoms with van der Waals surface area (Å²) in [7, 11) is 1.76. The lowest BCUT2D eigenvalue weighted by molar-refractivity contribution is -0.118. The van der Waals surface area contributed by atoms with E-state index >= 15 is 0 Å². The van der Waals surface area contributed by atoms with Crippen LogP contribution in [-0.2, 0) is 27.2 Å². The number of anilines is 3. The molecule has 0 bridgehead atoms. The molecule has 0 unspecified atom stereocenters. The van der Waals surface area contributed by atoms with Gasteiger partial charge in [-0.05, 0) is 60.0 Å². The first-order chi connectivity index (χ1) is 15.9. The molecular formula is C27H27N3O3. The summed E-state index contributed by atoms with van der Waals surface area (Å²) in [5, 5.41) is 5.57. The van der Waals surface area contributed by atoms with Crippen molar-refractivity contribution in [2.24, 2.45) is 0 Å². The molecule has 0 spiro atoms. The molecule has 0 saturated carbocycles. The van der Waals surface area contributed by atoms with Crippen LogP contribution >= 0.6 is 0 Å². The predicted molar refractivity (Wildman–Crippen MR) is 132 cm³/mol. The fraction of sp³-hybridized carbons (Fsp3) is 0.148. The second-order valence-electron chi connectivity index (χ2n) is 7.60. The van der Waals surface area contributed by atoms with Crippen LogP contribution in [-0.4, -0.2) is 24.8 Å². The van der Waals surface area contributed by atoms with Gasteiger partial charge in [0, 0.05) is 30.5 Å². The first-order valence-electron chi connectivity index (χ1n) is 10.7. The highest BCUT2D eigenvalue weighted by Crippen LogP contribution is 2.16. The van der Waals surface area contributed by atoms with Crippen LogP contribution in [0.5, 0.6) is 0 Å². The molecule has 0 atom stereocenters. The molecule has 3 rings (SSSR count). The number of benzene rings is 3. The number of nitrogens with zero attached hydrogens (tertiary/aromatic N) is 1. The molecule has 0 aliphatic rings. The van der Waals surface area contributed by atoms with Gasteiger partial charge in [-0.25, -0.2) is 0 Å². The third-order valence-electron chi connectivity index (χ3n) is 5.16. The van der Waals surface area contributed by atoms with E-state index in [0.29, 0.717) is 24.2 Å². The highest BCUT2D eigenvalue weighted by Gasteiger charge is 2.11. The lowest BCUT2D eigenvalue weighted by atomic mass is 10.1. The SMILES string of the molecule is C=CC(=O)Nc1ccc(CCC(=O)Nc2ccc(CC(=O)N(C)c3ccccc3)cc2)cc1. The highest BCUT2D eigenvalue weighted by molar-refractivity contribution is 5.98. The maximum Gasteiger partial charge on any atom is 0.247 e. The topological polar surface area (TPSA) is 78.5 Å². The molecule has 0 aromatic heterocycles. The van der Waals surface area contributed by atoms with Gasteiger partial charge in [0.25, 0.3) is 0 Å². The zero-order valence-corrected chi connectivity index (χ0v) is 18.6. The highest BCUT2D eigenvalue weighted by atomic mass is 16.2. The van der Waals surface area contributed by atoms with Gasteiger partial charge in [-0.1, -0.05) is 49.0 Å². The zero-order chi connectivity index (χ0) is 23.6. The minimum Gasteiger partial charge on any atom is -0.326 e. The average Bonchev–Trinajstić information content (AvgIpc) is 2.84. The predicted octanol–water partition coefficient (Wildman–Crippen LogP) is 4.59. The van der Waals surface area contributed by atoms with E-state index in [4.69, 9.17) is 0 Å². The van der Waals surface area contributed by atoms with Gasteiger partial charge in [0.05, 0.1) is 6.42 Å². The Morgan fingerprint density at radius 2 is 1.39 bits per heavy atom. The Balaban J connectivity index is 1.46. The van der Waals surface area contributed by atoms with E-state index in [0.717, 1.165) is 16.8 Å². The first-order valence-corrected chi connectivity index (χ1v) is 10.7. The quantitative estimate of drug-likeness (QED) is 0.477. The van der Waals surface area contributed by atoms with Gasteiger partial charge in [-0.15, -0.1) is 0 Å². The number of para-hydroxylation sites is 1. The van der Waals surface area contributed by atoms with E-state index in [1.807, 2.05) is 54.6 Å². The molecule has 3 amide bonds. The van der Waals surface area contributed by atoms with Crippen molar-refractivity contribution in [2.45, 2.75) is 19.3 Å². The Bertz CT molecular complexity index is 1110. The smallest absolute Gasteiger partial charge is 0.247 e. The van der Waals surface area contributed by atoms with Gasteiger partial charge in [-0.3, -0.25) is 14.4 Å². The second kappa shape index (κ2) is 11.4. The van der Waals surface area contributed by atoms with E-state index in [9.17, 15) is 14.4 Å². The summed E-state index contributed by atoms with van der Waals surface area (Å²) >= 11 is 0. The minimum atomic E-state index is -0.263. The summed E-state index contributed by atoms with van der Waals surface area (Å²) in [5.41, 5.74) is 4.10. The molecule has 0 aliphatic carbocycles.